The molecule has 0 aliphatic carbocycles. The molecule has 100 valence electrons. The van der Waals surface area contributed by atoms with Crippen LogP contribution in [0.25, 0.3) is 0 Å². The molecule has 0 radical (unpaired) electrons. The molecule has 2 aliphatic heterocycles. The van der Waals surface area contributed by atoms with Crippen LogP contribution in [0.2, 0.25) is 0 Å². The van der Waals surface area contributed by atoms with Gasteiger partial charge < -0.3 is 15.4 Å². The molecule has 0 amide bonds. The van der Waals surface area contributed by atoms with Gasteiger partial charge in [0.25, 0.3) is 0 Å². The highest BCUT2D eigenvalue weighted by atomic mass is 16.5. The molecule has 2 aliphatic rings. The van der Waals surface area contributed by atoms with Gasteiger partial charge in [0.1, 0.15) is 0 Å². The Kier molecular flexibility index (Phi) is 5.75. The minimum Gasteiger partial charge on any atom is -0.377 e. The van der Waals surface area contributed by atoms with Gasteiger partial charge in [0, 0.05) is 25.2 Å². The average Bonchev–Trinajstić information content (AvgIpc) is 2.39. The maximum Gasteiger partial charge on any atom is 0.0699 e. The molecule has 2 N–H and O–H groups in total. The molecule has 2 heterocycles. The SMILES string of the molecule is CC(CC1CCCCN1)NCC1CCCCO1. The van der Waals surface area contributed by atoms with E-state index < -0.39 is 0 Å². The van der Waals surface area contributed by atoms with E-state index in [2.05, 4.69) is 17.6 Å². The third-order valence-electron chi connectivity index (χ3n) is 4.02. The van der Waals surface area contributed by atoms with Crippen LogP contribution in [0, 0.1) is 0 Å². The van der Waals surface area contributed by atoms with E-state index in [-0.39, 0.29) is 0 Å². The van der Waals surface area contributed by atoms with Crippen molar-refractivity contribution in [3.63, 3.8) is 0 Å². The zero-order chi connectivity index (χ0) is 11.9. The van der Waals surface area contributed by atoms with Crippen molar-refractivity contribution >= 4 is 0 Å². The molecule has 3 nitrogen and oxygen atoms in total. The summed E-state index contributed by atoms with van der Waals surface area (Å²) in [5.74, 6) is 0. The highest BCUT2D eigenvalue weighted by molar-refractivity contribution is 4.78. The highest BCUT2D eigenvalue weighted by Gasteiger charge is 2.18. The average molecular weight is 240 g/mol. The van der Waals surface area contributed by atoms with Crippen LogP contribution in [-0.2, 0) is 4.74 Å². The predicted molar refractivity (Wildman–Crippen MR) is 71.3 cm³/mol. The van der Waals surface area contributed by atoms with Crippen LogP contribution in [0.15, 0.2) is 0 Å². The number of hydrogen-bond donors (Lipinski definition) is 2. The van der Waals surface area contributed by atoms with Gasteiger partial charge in [-0.2, -0.15) is 0 Å². The van der Waals surface area contributed by atoms with Crippen LogP contribution in [0.4, 0.5) is 0 Å². The van der Waals surface area contributed by atoms with Gasteiger partial charge in [-0.3, -0.25) is 0 Å². The zero-order valence-corrected chi connectivity index (χ0v) is 11.2. The first-order chi connectivity index (χ1) is 8.34. The van der Waals surface area contributed by atoms with E-state index in [4.69, 9.17) is 4.74 Å². The summed E-state index contributed by atoms with van der Waals surface area (Å²) in [6.45, 7) is 5.51. The van der Waals surface area contributed by atoms with E-state index in [1.54, 1.807) is 0 Å². The first-order valence-corrected chi connectivity index (χ1v) is 7.43. The Labute approximate surface area is 106 Å². The molecule has 0 spiro atoms. The molecule has 0 aromatic rings. The number of rotatable bonds is 5. The lowest BCUT2D eigenvalue weighted by Gasteiger charge is -2.28. The molecular weight excluding hydrogens is 212 g/mol. The summed E-state index contributed by atoms with van der Waals surface area (Å²) in [4.78, 5) is 0. The van der Waals surface area contributed by atoms with Crippen molar-refractivity contribution in [3.8, 4) is 0 Å². The van der Waals surface area contributed by atoms with Gasteiger partial charge in [-0.1, -0.05) is 6.42 Å². The molecule has 2 saturated heterocycles. The largest absolute Gasteiger partial charge is 0.377 e. The van der Waals surface area contributed by atoms with Crippen LogP contribution in [-0.4, -0.2) is 37.9 Å². The van der Waals surface area contributed by atoms with Crippen LogP contribution in [0.1, 0.15) is 51.9 Å². The number of nitrogens with one attached hydrogen (secondary N) is 2. The van der Waals surface area contributed by atoms with Crippen LogP contribution < -0.4 is 10.6 Å². The molecule has 3 unspecified atom stereocenters. The molecular formula is C14H28N2O. The third-order valence-corrected chi connectivity index (χ3v) is 4.02. The standard InChI is InChI=1S/C14H28N2O/c1-12(10-13-6-2-4-8-15-13)16-11-14-7-3-5-9-17-14/h12-16H,2-11H2,1H3. The molecule has 2 rings (SSSR count). The molecule has 0 aromatic carbocycles. The van der Waals surface area contributed by atoms with Crippen molar-refractivity contribution < 1.29 is 4.74 Å². The van der Waals surface area contributed by atoms with Gasteiger partial charge in [0.15, 0.2) is 0 Å². The Bertz CT molecular complexity index is 198. The Balaban J connectivity index is 1.57. The summed E-state index contributed by atoms with van der Waals surface area (Å²) in [7, 11) is 0. The Morgan fingerprint density at radius 3 is 2.82 bits per heavy atom. The number of ether oxygens (including phenoxy) is 1. The van der Waals surface area contributed by atoms with Gasteiger partial charge >= 0.3 is 0 Å². The van der Waals surface area contributed by atoms with Crippen LogP contribution in [0.3, 0.4) is 0 Å². The van der Waals surface area contributed by atoms with Crippen molar-refractivity contribution in [2.45, 2.75) is 70.1 Å². The summed E-state index contributed by atoms with van der Waals surface area (Å²) in [5, 5.41) is 7.25. The second-order valence-electron chi connectivity index (χ2n) is 5.68. The second kappa shape index (κ2) is 7.34. The van der Waals surface area contributed by atoms with Crippen molar-refractivity contribution in [3.05, 3.63) is 0 Å². The van der Waals surface area contributed by atoms with Crippen molar-refractivity contribution in [1.29, 1.82) is 0 Å². The monoisotopic (exact) mass is 240 g/mol. The first-order valence-electron chi connectivity index (χ1n) is 7.43. The van der Waals surface area contributed by atoms with E-state index in [1.807, 2.05) is 0 Å². The molecule has 0 saturated carbocycles. The molecule has 17 heavy (non-hydrogen) atoms. The van der Waals surface area contributed by atoms with Gasteiger partial charge in [-0.25, -0.2) is 0 Å². The maximum atomic E-state index is 5.74. The normalized spacial score (nSPS) is 32.3. The summed E-state index contributed by atoms with van der Waals surface area (Å²) in [5.41, 5.74) is 0. The van der Waals surface area contributed by atoms with Crippen LogP contribution in [0.5, 0.6) is 0 Å². The summed E-state index contributed by atoms with van der Waals surface area (Å²) in [6.07, 6.45) is 9.65. The van der Waals surface area contributed by atoms with E-state index in [1.165, 1.54) is 51.5 Å². The fourth-order valence-electron chi connectivity index (χ4n) is 2.94. The third kappa shape index (κ3) is 4.94. The van der Waals surface area contributed by atoms with Gasteiger partial charge in [0.2, 0.25) is 0 Å². The topological polar surface area (TPSA) is 33.3 Å². The number of piperidine rings is 1. The van der Waals surface area contributed by atoms with E-state index in [0.717, 1.165) is 19.2 Å². The molecule has 3 atom stereocenters. The summed E-state index contributed by atoms with van der Waals surface area (Å²) in [6, 6.07) is 1.34. The lowest BCUT2D eigenvalue weighted by Crippen LogP contribution is -2.42. The molecule has 3 heteroatoms. The van der Waals surface area contributed by atoms with Crippen molar-refractivity contribution in [1.82, 2.24) is 10.6 Å². The van der Waals surface area contributed by atoms with Crippen LogP contribution >= 0.6 is 0 Å². The lowest BCUT2D eigenvalue weighted by atomic mass is 9.98. The summed E-state index contributed by atoms with van der Waals surface area (Å²) >= 11 is 0. The van der Waals surface area contributed by atoms with E-state index in [9.17, 15) is 0 Å². The lowest BCUT2D eigenvalue weighted by molar-refractivity contribution is 0.0153. The first kappa shape index (κ1) is 13.3. The fraction of sp³-hybridized carbons (Fsp3) is 1.00. The Hall–Kier alpha value is -0.120. The minimum atomic E-state index is 0.463. The maximum absolute atomic E-state index is 5.74. The van der Waals surface area contributed by atoms with Gasteiger partial charge in [0.05, 0.1) is 6.10 Å². The number of hydrogen-bond acceptors (Lipinski definition) is 3. The van der Waals surface area contributed by atoms with Crippen molar-refractivity contribution in [2.24, 2.45) is 0 Å². The van der Waals surface area contributed by atoms with Gasteiger partial charge in [-0.05, 0) is 52.0 Å². The predicted octanol–water partition coefficient (Wildman–Crippen LogP) is 2.07. The molecule has 0 aromatic heterocycles. The minimum absolute atomic E-state index is 0.463. The van der Waals surface area contributed by atoms with Crippen molar-refractivity contribution in [2.75, 3.05) is 19.7 Å². The van der Waals surface area contributed by atoms with E-state index >= 15 is 0 Å². The summed E-state index contributed by atoms with van der Waals surface area (Å²) < 4.78 is 5.74. The van der Waals surface area contributed by atoms with E-state index in [0.29, 0.717) is 12.1 Å². The zero-order valence-electron chi connectivity index (χ0n) is 11.2. The molecule has 0 bridgehead atoms. The smallest absolute Gasteiger partial charge is 0.0699 e. The fourth-order valence-corrected chi connectivity index (χ4v) is 2.94. The second-order valence-corrected chi connectivity index (χ2v) is 5.68. The quantitative estimate of drug-likeness (QED) is 0.772. The molecule has 2 fully saturated rings. The Morgan fingerprint density at radius 2 is 2.12 bits per heavy atom. The highest BCUT2D eigenvalue weighted by Crippen LogP contribution is 2.14. The van der Waals surface area contributed by atoms with Gasteiger partial charge in [-0.15, -0.1) is 0 Å². The Morgan fingerprint density at radius 1 is 1.24 bits per heavy atom.